The summed E-state index contributed by atoms with van der Waals surface area (Å²) in [6.45, 7) is 4.54. The summed E-state index contributed by atoms with van der Waals surface area (Å²) >= 11 is 0. The lowest BCUT2D eigenvalue weighted by atomic mass is 10.1. The highest BCUT2D eigenvalue weighted by molar-refractivity contribution is 5.68. The molecule has 0 aliphatic rings. The fraction of sp³-hybridized carbons (Fsp3) is 0.500. The smallest absolute Gasteiger partial charge is 0.408 e. The number of alkyl carbamates (subject to hydrolysis) is 1. The van der Waals surface area contributed by atoms with Crippen molar-refractivity contribution in [2.75, 3.05) is 13.7 Å². The Morgan fingerprint density at radius 2 is 2.00 bits per heavy atom. The van der Waals surface area contributed by atoms with Crippen LogP contribution in [0, 0.1) is 11.6 Å². The van der Waals surface area contributed by atoms with Gasteiger partial charge in [-0.05, 0) is 38.5 Å². The minimum absolute atomic E-state index is 0.166. The van der Waals surface area contributed by atoms with E-state index >= 15 is 0 Å². The first-order chi connectivity index (χ1) is 9.67. The first-order valence-electron chi connectivity index (χ1n) is 6.31. The van der Waals surface area contributed by atoms with Gasteiger partial charge < -0.3 is 19.9 Å². The van der Waals surface area contributed by atoms with Gasteiger partial charge in [-0.3, -0.25) is 0 Å². The third kappa shape index (κ3) is 4.86. The molecule has 1 aromatic rings. The monoisotopic (exact) mass is 303 g/mol. The lowest BCUT2D eigenvalue weighted by molar-refractivity contribution is 0.0481. The Hall–Kier alpha value is -1.89. The van der Waals surface area contributed by atoms with Crippen LogP contribution in [0.25, 0.3) is 0 Å². The van der Waals surface area contributed by atoms with E-state index in [-0.39, 0.29) is 11.3 Å². The molecule has 5 nitrogen and oxygen atoms in total. The van der Waals surface area contributed by atoms with Crippen LogP contribution in [-0.4, -0.2) is 30.5 Å². The average molecular weight is 303 g/mol. The Balaban J connectivity index is 2.95. The van der Waals surface area contributed by atoms with Crippen LogP contribution < -0.4 is 10.1 Å². The predicted octanol–water partition coefficient (Wildman–Crippen LogP) is 2.53. The van der Waals surface area contributed by atoms with Crippen molar-refractivity contribution in [3.63, 3.8) is 0 Å². The van der Waals surface area contributed by atoms with E-state index in [1.165, 1.54) is 13.2 Å². The van der Waals surface area contributed by atoms with E-state index in [2.05, 4.69) is 5.32 Å². The van der Waals surface area contributed by atoms with Crippen LogP contribution in [0.4, 0.5) is 13.6 Å². The van der Waals surface area contributed by atoms with E-state index < -0.39 is 36.0 Å². The Kier molecular flexibility index (Phi) is 5.48. The number of amides is 1. The fourth-order valence-corrected chi connectivity index (χ4v) is 1.62. The van der Waals surface area contributed by atoms with Crippen LogP contribution in [0.2, 0.25) is 0 Å². The van der Waals surface area contributed by atoms with Crippen LogP contribution >= 0.6 is 0 Å². The maximum atomic E-state index is 13.5. The zero-order valence-electron chi connectivity index (χ0n) is 12.4. The van der Waals surface area contributed by atoms with Gasteiger partial charge in [0.1, 0.15) is 5.60 Å². The van der Waals surface area contributed by atoms with Gasteiger partial charge in [-0.2, -0.15) is 4.39 Å². The first kappa shape index (κ1) is 17.2. The van der Waals surface area contributed by atoms with Crippen LogP contribution in [0.1, 0.15) is 32.4 Å². The molecule has 0 bridgehead atoms. The fourth-order valence-electron chi connectivity index (χ4n) is 1.62. The van der Waals surface area contributed by atoms with Gasteiger partial charge >= 0.3 is 6.09 Å². The quantitative estimate of drug-likeness (QED) is 0.897. The number of aliphatic hydroxyl groups is 1. The van der Waals surface area contributed by atoms with Gasteiger partial charge in [0.2, 0.25) is 5.82 Å². The topological polar surface area (TPSA) is 67.8 Å². The van der Waals surface area contributed by atoms with Crippen molar-refractivity contribution in [3.05, 3.63) is 29.3 Å². The van der Waals surface area contributed by atoms with Crippen LogP contribution in [0.3, 0.4) is 0 Å². The second-order valence-corrected chi connectivity index (χ2v) is 5.40. The number of carbonyl (C=O) groups is 1. The maximum Gasteiger partial charge on any atom is 0.408 e. The number of hydrogen-bond acceptors (Lipinski definition) is 4. The summed E-state index contributed by atoms with van der Waals surface area (Å²) in [5, 5.41) is 11.7. The third-order valence-corrected chi connectivity index (χ3v) is 2.51. The minimum Gasteiger partial charge on any atom is -0.494 e. The number of aliphatic hydroxyl groups excluding tert-OH is 1. The molecule has 0 saturated carbocycles. The van der Waals surface area contributed by atoms with Crippen molar-refractivity contribution in [3.8, 4) is 5.75 Å². The molecule has 0 unspecified atom stereocenters. The molecule has 0 saturated heterocycles. The molecule has 1 aromatic carbocycles. The second-order valence-electron chi connectivity index (χ2n) is 5.40. The van der Waals surface area contributed by atoms with Crippen LogP contribution in [0.15, 0.2) is 12.1 Å². The van der Waals surface area contributed by atoms with Crippen molar-refractivity contribution in [2.45, 2.75) is 32.4 Å². The van der Waals surface area contributed by atoms with Gasteiger partial charge in [0.15, 0.2) is 11.6 Å². The van der Waals surface area contributed by atoms with Gasteiger partial charge in [-0.1, -0.05) is 0 Å². The molecule has 118 valence electrons. The van der Waals surface area contributed by atoms with Gasteiger partial charge in [0.25, 0.3) is 0 Å². The largest absolute Gasteiger partial charge is 0.494 e. The molecule has 0 radical (unpaired) electrons. The molecular formula is C14H19F2NO4. The number of carbonyl (C=O) groups excluding carboxylic acids is 1. The van der Waals surface area contributed by atoms with Gasteiger partial charge in [0.05, 0.1) is 19.8 Å². The molecule has 0 aromatic heterocycles. The predicted molar refractivity (Wildman–Crippen MR) is 72.1 cm³/mol. The minimum atomic E-state index is -1.13. The molecule has 0 aliphatic carbocycles. The Bertz CT molecular complexity index is 514. The average Bonchev–Trinajstić information content (AvgIpc) is 2.37. The Labute approximate surface area is 121 Å². The number of rotatable bonds is 4. The molecular weight excluding hydrogens is 284 g/mol. The van der Waals surface area contributed by atoms with Gasteiger partial charge in [-0.15, -0.1) is 0 Å². The van der Waals surface area contributed by atoms with Crippen molar-refractivity contribution in [2.24, 2.45) is 0 Å². The number of halogens is 2. The summed E-state index contributed by atoms with van der Waals surface area (Å²) in [4.78, 5) is 11.7. The van der Waals surface area contributed by atoms with Crippen molar-refractivity contribution in [1.29, 1.82) is 0 Å². The molecule has 1 rings (SSSR count). The number of nitrogens with one attached hydrogen (secondary N) is 1. The summed E-state index contributed by atoms with van der Waals surface area (Å²) in [6.07, 6.45) is -0.773. The number of methoxy groups -OCH3 is 1. The lowest BCUT2D eigenvalue weighted by Crippen LogP contribution is -2.36. The summed E-state index contributed by atoms with van der Waals surface area (Å²) in [6, 6.07) is 1.15. The molecule has 0 fully saturated rings. The normalized spacial score (nSPS) is 12.7. The van der Waals surface area contributed by atoms with Crippen LogP contribution in [0.5, 0.6) is 5.75 Å². The molecule has 7 heteroatoms. The molecule has 21 heavy (non-hydrogen) atoms. The zero-order valence-corrected chi connectivity index (χ0v) is 12.4. The number of ether oxygens (including phenoxy) is 2. The lowest BCUT2D eigenvalue weighted by Gasteiger charge is -2.23. The van der Waals surface area contributed by atoms with Crippen LogP contribution in [-0.2, 0) is 4.74 Å². The molecule has 0 heterocycles. The molecule has 1 atom stereocenters. The van der Waals surface area contributed by atoms with Gasteiger partial charge in [-0.25, -0.2) is 9.18 Å². The van der Waals surface area contributed by atoms with E-state index in [9.17, 15) is 18.7 Å². The zero-order chi connectivity index (χ0) is 16.2. The number of benzene rings is 1. The molecule has 0 spiro atoms. The summed E-state index contributed by atoms with van der Waals surface area (Å²) in [5.41, 5.74) is -0.547. The van der Waals surface area contributed by atoms with Crippen molar-refractivity contribution < 1.29 is 28.2 Å². The van der Waals surface area contributed by atoms with E-state index in [0.29, 0.717) is 0 Å². The highest BCUT2D eigenvalue weighted by atomic mass is 19.2. The van der Waals surface area contributed by atoms with E-state index in [0.717, 1.165) is 6.07 Å². The Morgan fingerprint density at radius 3 is 2.48 bits per heavy atom. The Morgan fingerprint density at radius 1 is 1.38 bits per heavy atom. The van der Waals surface area contributed by atoms with Gasteiger partial charge in [0, 0.05) is 0 Å². The molecule has 1 amide bonds. The summed E-state index contributed by atoms with van der Waals surface area (Å²) < 4.78 is 36.6. The third-order valence-electron chi connectivity index (χ3n) is 2.51. The second kappa shape index (κ2) is 6.71. The molecule has 2 N–H and O–H groups in total. The maximum absolute atomic E-state index is 13.5. The number of hydrogen-bond donors (Lipinski definition) is 2. The summed E-state index contributed by atoms with van der Waals surface area (Å²) in [7, 11) is 1.19. The summed E-state index contributed by atoms with van der Waals surface area (Å²) in [5.74, 6) is -2.57. The van der Waals surface area contributed by atoms with E-state index in [4.69, 9.17) is 9.47 Å². The van der Waals surface area contributed by atoms with Crippen molar-refractivity contribution in [1.82, 2.24) is 5.32 Å². The van der Waals surface area contributed by atoms with Crippen molar-refractivity contribution >= 4 is 6.09 Å². The standard InChI is InChI=1S/C14H19F2NO4/c1-14(2,3)21-13(19)17-10(7-18)8-5-9(15)12(16)11(6-8)20-4/h5-6,10,18H,7H2,1-4H3,(H,17,19)/t10-/m1/s1. The highest BCUT2D eigenvalue weighted by Gasteiger charge is 2.22. The first-order valence-corrected chi connectivity index (χ1v) is 6.31. The van der Waals surface area contributed by atoms with E-state index in [1.807, 2.05) is 0 Å². The van der Waals surface area contributed by atoms with E-state index in [1.54, 1.807) is 20.8 Å². The highest BCUT2D eigenvalue weighted by Crippen LogP contribution is 2.25. The molecule has 0 aliphatic heterocycles. The SMILES string of the molecule is COc1cc([C@@H](CO)NC(=O)OC(C)(C)C)cc(F)c1F.